The lowest BCUT2D eigenvalue weighted by Crippen LogP contribution is -2.43. The maximum Gasteiger partial charge on any atom is 0.354 e. The van der Waals surface area contributed by atoms with Gasteiger partial charge >= 0.3 is 5.69 Å². The van der Waals surface area contributed by atoms with Gasteiger partial charge in [-0.25, -0.2) is 9.18 Å². The fourth-order valence-electron chi connectivity index (χ4n) is 6.08. The van der Waals surface area contributed by atoms with E-state index in [4.69, 9.17) is 17.3 Å². The fourth-order valence-corrected chi connectivity index (χ4v) is 6.32. The fraction of sp³-hybridized carbons (Fsp3) is 0.387. The van der Waals surface area contributed by atoms with Crippen LogP contribution in [0, 0.1) is 5.82 Å². The van der Waals surface area contributed by atoms with Gasteiger partial charge in [0, 0.05) is 35.8 Å². The second-order valence-corrected chi connectivity index (χ2v) is 11.5. The van der Waals surface area contributed by atoms with Crippen molar-refractivity contribution in [3.05, 3.63) is 81.1 Å². The normalized spacial score (nSPS) is 19.6. The van der Waals surface area contributed by atoms with Gasteiger partial charge in [0.1, 0.15) is 5.65 Å². The number of hydrogen-bond donors (Lipinski definition) is 2. The molecule has 0 aliphatic carbocycles. The molecule has 7 nitrogen and oxygen atoms in total. The van der Waals surface area contributed by atoms with E-state index < -0.39 is 11.5 Å². The topological polar surface area (TPSA) is 92.3 Å². The standard InChI is InChI=1S/C31H34ClFN6O/c1-19(34)4-2-5-20-14-25(29(33)26(32)15-20)27-16-22-17-38(31(40)37-30(22)36-27)24-10-8-21(9-11-24)28-7-3-6-23-12-13-35-18-39(23)28/h8-11,14-19,23,28H,2-7,12-13,34H2,1H3,(H,36,37,40)/t19-,23-,28-/m0/s1. The number of H-pyrrole nitrogens is 1. The number of aliphatic imine (C=N–C) groups is 1. The molecule has 2 aromatic heterocycles. The Morgan fingerprint density at radius 2 is 2.00 bits per heavy atom. The van der Waals surface area contributed by atoms with E-state index in [0.29, 0.717) is 34.4 Å². The van der Waals surface area contributed by atoms with Gasteiger partial charge in [-0.15, -0.1) is 0 Å². The van der Waals surface area contributed by atoms with Crippen molar-refractivity contribution in [2.45, 2.75) is 70.0 Å². The van der Waals surface area contributed by atoms with Crippen molar-refractivity contribution in [1.82, 2.24) is 19.4 Å². The van der Waals surface area contributed by atoms with Crippen LogP contribution >= 0.6 is 11.6 Å². The van der Waals surface area contributed by atoms with Crippen LogP contribution in [0.5, 0.6) is 0 Å². The van der Waals surface area contributed by atoms with Gasteiger partial charge < -0.3 is 15.6 Å². The highest BCUT2D eigenvalue weighted by Gasteiger charge is 2.31. The monoisotopic (exact) mass is 560 g/mol. The Hall–Kier alpha value is -3.49. The molecule has 208 valence electrons. The molecule has 3 atom stereocenters. The van der Waals surface area contributed by atoms with Gasteiger partial charge in [-0.3, -0.25) is 9.56 Å². The van der Waals surface area contributed by atoms with Crippen LogP contribution in [0.1, 0.15) is 62.6 Å². The lowest BCUT2D eigenvalue weighted by Gasteiger charge is -2.43. The number of hydrogen-bond acceptors (Lipinski definition) is 5. The van der Waals surface area contributed by atoms with Crippen molar-refractivity contribution in [2.24, 2.45) is 10.7 Å². The summed E-state index contributed by atoms with van der Waals surface area (Å²) in [5.74, 6) is -0.501. The van der Waals surface area contributed by atoms with Gasteiger partial charge in [0.25, 0.3) is 0 Å². The molecule has 0 saturated carbocycles. The Kier molecular flexibility index (Phi) is 7.47. The summed E-state index contributed by atoms with van der Waals surface area (Å²) in [6, 6.07) is 14.4. The minimum Gasteiger partial charge on any atom is -0.353 e. The molecule has 1 fully saturated rings. The lowest BCUT2D eigenvalue weighted by molar-refractivity contribution is 0.159. The molecule has 6 rings (SSSR count). The number of fused-ring (bicyclic) bond motifs is 2. The first-order chi connectivity index (χ1) is 19.4. The Morgan fingerprint density at radius 3 is 2.80 bits per heavy atom. The van der Waals surface area contributed by atoms with Crippen molar-refractivity contribution in [1.29, 1.82) is 0 Å². The molecule has 0 amide bonds. The van der Waals surface area contributed by atoms with Crippen molar-refractivity contribution < 1.29 is 4.39 Å². The average Bonchev–Trinajstić information content (AvgIpc) is 3.36. The molecule has 0 unspecified atom stereocenters. The maximum atomic E-state index is 15.1. The molecular weight excluding hydrogens is 527 g/mol. The number of benzene rings is 2. The van der Waals surface area contributed by atoms with E-state index in [9.17, 15) is 4.79 Å². The highest BCUT2D eigenvalue weighted by molar-refractivity contribution is 6.31. The minimum atomic E-state index is -0.501. The first-order valence-corrected chi connectivity index (χ1v) is 14.5. The molecule has 3 N–H and O–H groups in total. The SMILES string of the molecule is C[C@H](N)CCCc1cc(Cl)c(F)c(-c2cc3cn(-c4ccc([C@@H]5CCC[C@H]6CCN=CN65)cc4)c(=O)nc3[nH]2)c1. The number of aromatic amines is 1. The summed E-state index contributed by atoms with van der Waals surface area (Å²) in [6.45, 7) is 2.88. The Labute approximate surface area is 237 Å². The van der Waals surface area contributed by atoms with Gasteiger partial charge in [0.15, 0.2) is 5.82 Å². The number of nitrogens with one attached hydrogen (secondary N) is 1. The summed E-state index contributed by atoms with van der Waals surface area (Å²) >= 11 is 6.25. The number of piperidine rings is 1. The van der Waals surface area contributed by atoms with Gasteiger partial charge in [0.05, 0.1) is 28.8 Å². The molecule has 2 aromatic carbocycles. The third kappa shape index (κ3) is 5.30. The molecule has 4 aromatic rings. The first-order valence-electron chi connectivity index (χ1n) is 14.1. The van der Waals surface area contributed by atoms with Crippen LogP contribution in [0.25, 0.3) is 28.0 Å². The zero-order valence-corrected chi connectivity index (χ0v) is 23.4. The van der Waals surface area contributed by atoms with E-state index in [2.05, 4.69) is 32.0 Å². The number of aryl methyl sites for hydroxylation is 1. The third-order valence-electron chi connectivity index (χ3n) is 8.17. The predicted octanol–water partition coefficient (Wildman–Crippen LogP) is 6.17. The van der Waals surface area contributed by atoms with Gasteiger partial charge in [-0.05, 0) is 93.3 Å². The predicted molar refractivity (Wildman–Crippen MR) is 159 cm³/mol. The smallest absolute Gasteiger partial charge is 0.353 e. The van der Waals surface area contributed by atoms with E-state index >= 15 is 4.39 Å². The number of nitrogens with zero attached hydrogens (tertiary/aromatic N) is 4. The van der Waals surface area contributed by atoms with Crippen LogP contribution < -0.4 is 11.4 Å². The molecule has 0 bridgehead atoms. The molecule has 4 heterocycles. The molecule has 2 aliphatic rings. The summed E-state index contributed by atoms with van der Waals surface area (Å²) in [4.78, 5) is 27.3. The molecule has 9 heteroatoms. The Morgan fingerprint density at radius 1 is 1.18 bits per heavy atom. The van der Waals surface area contributed by atoms with Gasteiger partial charge in [0.2, 0.25) is 0 Å². The van der Waals surface area contributed by atoms with Crippen LogP contribution in [0.15, 0.2) is 58.4 Å². The number of aromatic nitrogens is 3. The third-order valence-corrected chi connectivity index (χ3v) is 8.45. The number of rotatable bonds is 7. The molecule has 0 radical (unpaired) electrons. The quantitative estimate of drug-likeness (QED) is 0.283. The summed E-state index contributed by atoms with van der Waals surface area (Å²) < 4.78 is 16.6. The number of halogens is 2. The lowest BCUT2D eigenvalue weighted by atomic mass is 9.89. The molecule has 2 aliphatic heterocycles. The van der Waals surface area contributed by atoms with E-state index in [1.54, 1.807) is 18.3 Å². The van der Waals surface area contributed by atoms with Crippen LogP contribution in [0.2, 0.25) is 5.02 Å². The molecule has 0 spiro atoms. The minimum absolute atomic E-state index is 0.0692. The van der Waals surface area contributed by atoms with Gasteiger partial charge in [-0.2, -0.15) is 4.98 Å². The van der Waals surface area contributed by atoms with Crippen molar-refractivity contribution >= 4 is 29.0 Å². The van der Waals surface area contributed by atoms with Crippen molar-refractivity contribution in [2.75, 3.05) is 6.54 Å². The second-order valence-electron chi connectivity index (χ2n) is 11.1. The van der Waals surface area contributed by atoms with Crippen LogP contribution in [0.3, 0.4) is 0 Å². The highest BCUT2D eigenvalue weighted by Crippen LogP contribution is 2.36. The maximum absolute atomic E-state index is 15.1. The Balaban J connectivity index is 1.28. The van der Waals surface area contributed by atoms with Crippen LogP contribution in [-0.2, 0) is 6.42 Å². The first kappa shape index (κ1) is 26.7. The van der Waals surface area contributed by atoms with Crippen LogP contribution in [0.4, 0.5) is 4.39 Å². The zero-order chi connectivity index (χ0) is 27.8. The largest absolute Gasteiger partial charge is 0.354 e. The van der Waals surface area contributed by atoms with E-state index in [0.717, 1.165) is 49.9 Å². The highest BCUT2D eigenvalue weighted by atomic mass is 35.5. The molecule has 1 saturated heterocycles. The van der Waals surface area contributed by atoms with E-state index in [-0.39, 0.29) is 11.1 Å². The van der Waals surface area contributed by atoms with E-state index in [1.807, 2.05) is 31.5 Å². The summed E-state index contributed by atoms with van der Waals surface area (Å²) in [7, 11) is 0. The summed E-state index contributed by atoms with van der Waals surface area (Å²) in [5, 5.41) is 0.774. The van der Waals surface area contributed by atoms with Gasteiger partial charge in [-0.1, -0.05) is 23.7 Å². The Bertz CT molecular complexity index is 1610. The van der Waals surface area contributed by atoms with Crippen LogP contribution in [-0.4, -0.2) is 44.4 Å². The second kappa shape index (κ2) is 11.2. The van der Waals surface area contributed by atoms with E-state index in [1.165, 1.54) is 23.0 Å². The molecular formula is C31H34ClFN6O. The van der Waals surface area contributed by atoms with Crippen molar-refractivity contribution in [3.8, 4) is 16.9 Å². The zero-order valence-electron chi connectivity index (χ0n) is 22.6. The number of nitrogens with two attached hydrogens (primary N) is 1. The summed E-state index contributed by atoms with van der Waals surface area (Å²) in [6.07, 6.45) is 10.9. The average molecular weight is 561 g/mol. The van der Waals surface area contributed by atoms with Crippen molar-refractivity contribution in [3.63, 3.8) is 0 Å². The summed E-state index contributed by atoms with van der Waals surface area (Å²) in [5.41, 5.74) is 9.65. The molecule has 40 heavy (non-hydrogen) atoms.